The van der Waals surface area contributed by atoms with Gasteiger partial charge >= 0.3 is 0 Å². The van der Waals surface area contributed by atoms with Crippen molar-refractivity contribution in [2.45, 2.75) is 39.8 Å². The average Bonchev–Trinajstić information content (AvgIpc) is 3.33. The van der Waals surface area contributed by atoms with Gasteiger partial charge in [0.25, 0.3) is 11.8 Å². The molecule has 8 heteroatoms. The molecule has 0 radical (unpaired) electrons. The summed E-state index contributed by atoms with van der Waals surface area (Å²) in [5, 5.41) is 11.0. The van der Waals surface area contributed by atoms with Crippen LogP contribution >= 0.6 is 11.6 Å². The van der Waals surface area contributed by atoms with E-state index in [0.717, 1.165) is 34.5 Å². The zero-order valence-corrected chi connectivity index (χ0v) is 21.7. The number of anilines is 1. The van der Waals surface area contributed by atoms with Crippen molar-refractivity contribution < 1.29 is 9.59 Å². The lowest BCUT2D eigenvalue weighted by atomic mass is 10.1. The van der Waals surface area contributed by atoms with E-state index < -0.39 is 0 Å². The van der Waals surface area contributed by atoms with Crippen LogP contribution in [0.2, 0.25) is 5.02 Å². The van der Waals surface area contributed by atoms with Crippen molar-refractivity contribution >= 4 is 29.1 Å². The quantitative estimate of drug-likeness (QED) is 0.276. The first-order chi connectivity index (χ1) is 17.9. The summed E-state index contributed by atoms with van der Waals surface area (Å²) in [6.45, 7) is 4.82. The molecule has 0 saturated carbocycles. The fourth-order valence-electron chi connectivity index (χ4n) is 4.01. The predicted octanol–water partition coefficient (Wildman–Crippen LogP) is 5.43. The molecular formula is C29H30ClN5O2. The van der Waals surface area contributed by atoms with Gasteiger partial charge < -0.3 is 16.4 Å². The van der Waals surface area contributed by atoms with Crippen LogP contribution < -0.4 is 16.4 Å². The summed E-state index contributed by atoms with van der Waals surface area (Å²) in [6.07, 6.45) is 3.11. The Labute approximate surface area is 221 Å². The molecule has 1 aromatic heterocycles. The topological polar surface area (TPSA) is 102 Å². The Morgan fingerprint density at radius 2 is 1.68 bits per heavy atom. The molecule has 0 fully saturated rings. The van der Waals surface area contributed by atoms with Crippen molar-refractivity contribution in [3.05, 3.63) is 111 Å². The van der Waals surface area contributed by atoms with Gasteiger partial charge in [-0.2, -0.15) is 5.10 Å². The summed E-state index contributed by atoms with van der Waals surface area (Å²) in [4.78, 5) is 26.1. The third-order valence-electron chi connectivity index (χ3n) is 6.13. The number of aryl methyl sites for hydroxylation is 1. The lowest BCUT2D eigenvalue weighted by molar-refractivity contribution is 0.0949. The van der Waals surface area contributed by atoms with E-state index in [2.05, 4.69) is 22.7 Å². The SMILES string of the molecule is CCCc1c(C(=O)Nc2cc(C(=O)NCc3ccc(CN)cc3)ccc2C)cnn1-c1ccc(Cl)cc1. The lowest BCUT2D eigenvalue weighted by Crippen LogP contribution is -2.23. The molecule has 0 atom stereocenters. The first kappa shape index (κ1) is 26.1. The molecule has 7 nitrogen and oxygen atoms in total. The summed E-state index contributed by atoms with van der Waals surface area (Å²) in [5.41, 5.74) is 11.7. The summed E-state index contributed by atoms with van der Waals surface area (Å²) in [6, 6.07) is 20.4. The molecule has 0 aliphatic heterocycles. The van der Waals surface area contributed by atoms with E-state index in [1.807, 2.05) is 49.4 Å². The molecule has 0 aliphatic carbocycles. The van der Waals surface area contributed by atoms with Crippen molar-refractivity contribution in [2.75, 3.05) is 5.32 Å². The van der Waals surface area contributed by atoms with Crippen LogP contribution in [0.25, 0.3) is 5.69 Å². The van der Waals surface area contributed by atoms with Crippen molar-refractivity contribution in [1.29, 1.82) is 0 Å². The van der Waals surface area contributed by atoms with E-state index in [1.165, 1.54) is 0 Å². The highest BCUT2D eigenvalue weighted by atomic mass is 35.5. The number of hydrogen-bond acceptors (Lipinski definition) is 4. The minimum Gasteiger partial charge on any atom is -0.348 e. The Balaban J connectivity index is 1.50. The van der Waals surface area contributed by atoms with Crippen molar-refractivity contribution in [1.82, 2.24) is 15.1 Å². The van der Waals surface area contributed by atoms with E-state index in [9.17, 15) is 9.59 Å². The first-order valence-corrected chi connectivity index (χ1v) is 12.6. The molecule has 2 amide bonds. The van der Waals surface area contributed by atoms with Gasteiger partial charge in [-0.25, -0.2) is 4.68 Å². The largest absolute Gasteiger partial charge is 0.348 e. The number of hydrogen-bond donors (Lipinski definition) is 3. The molecular weight excluding hydrogens is 486 g/mol. The smallest absolute Gasteiger partial charge is 0.259 e. The standard InChI is InChI=1S/C29H30ClN5O2/c1-3-4-27-25(18-33-35(27)24-13-11-23(30)12-14-24)29(37)34-26-15-22(10-5-19(26)2)28(36)32-17-21-8-6-20(16-31)7-9-21/h5-15,18H,3-4,16-17,31H2,1-2H3,(H,32,36)(H,34,37). The van der Waals surface area contributed by atoms with Crippen LogP contribution in [-0.2, 0) is 19.5 Å². The van der Waals surface area contributed by atoms with Gasteiger partial charge in [-0.3, -0.25) is 9.59 Å². The van der Waals surface area contributed by atoms with E-state index >= 15 is 0 Å². The molecule has 37 heavy (non-hydrogen) atoms. The van der Waals surface area contributed by atoms with Gasteiger partial charge in [-0.05, 0) is 66.4 Å². The number of benzene rings is 3. The summed E-state index contributed by atoms with van der Waals surface area (Å²) in [5.74, 6) is -0.495. The van der Waals surface area contributed by atoms with Crippen molar-refractivity contribution in [3.63, 3.8) is 0 Å². The summed E-state index contributed by atoms with van der Waals surface area (Å²) < 4.78 is 1.77. The Morgan fingerprint density at radius 3 is 2.35 bits per heavy atom. The van der Waals surface area contributed by atoms with Gasteiger partial charge in [0.15, 0.2) is 0 Å². The Hall–Kier alpha value is -3.94. The maximum atomic E-state index is 13.3. The summed E-state index contributed by atoms with van der Waals surface area (Å²) >= 11 is 6.03. The first-order valence-electron chi connectivity index (χ1n) is 12.2. The third kappa shape index (κ3) is 6.25. The van der Waals surface area contributed by atoms with E-state index in [0.29, 0.717) is 41.3 Å². The number of rotatable bonds is 9. The molecule has 190 valence electrons. The van der Waals surface area contributed by atoms with Gasteiger partial charge in [0.2, 0.25) is 0 Å². The molecule has 0 spiro atoms. The Bertz CT molecular complexity index is 1400. The Kier molecular flexibility index (Phi) is 8.38. The van der Waals surface area contributed by atoms with E-state index in [-0.39, 0.29) is 11.8 Å². The molecule has 1 heterocycles. The van der Waals surface area contributed by atoms with E-state index in [4.69, 9.17) is 17.3 Å². The highest BCUT2D eigenvalue weighted by Gasteiger charge is 2.19. The van der Waals surface area contributed by atoms with Gasteiger partial charge in [0.1, 0.15) is 0 Å². The number of nitrogens with one attached hydrogen (secondary N) is 2. The number of aromatic nitrogens is 2. The minimum atomic E-state index is -0.274. The molecule has 4 N–H and O–H groups in total. The maximum absolute atomic E-state index is 13.3. The summed E-state index contributed by atoms with van der Waals surface area (Å²) in [7, 11) is 0. The van der Waals surface area contributed by atoms with Gasteiger partial charge in [-0.1, -0.05) is 55.3 Å². The molecule has 4 aromatic rings. The zero-order chi connectivity index (χ0) is 26.4. The number of amides is 2. The molecule has 0 aliphatic rings. The van der Waals surface area contributed by atoms with Crippen LogP contribution in [0.3, 0.4) is 0 Å². The fourth-order valence-corrected chi connectivity index (χ4v) is 4.14. The highest BCUT2D eigenvalue weighted by molar-refractivity contribution is 6.30. The zero-order valence-electron chi connectivity index (χ0n) is 20.9. The van der Waals surface area contributed by atoms with Gasteiger partial charge in [0, 0.05) is 29.4 Å². The minimum absolute atomic E-state index is 0.222. The van der Waals surface area contributed by atoms with Crippen LogP contribution in [-0.4, -0.2) is 21.6 Å². The van der Waals surface area contributed by atoms with Crippen LogP contribution in [0.15, 0.2) is 72.9 Å². The molecule has 4 rings (SSSR count). The lowest BCUT2D eigenvalue weighted by Gasteiger charge is -2.12. The average molecular weight is 516 g/mol. The Morgan fingerprint density at radius 1 is 0.973 bits per heavy atom. The molecule has 0 unspecified atom stereocenters. The second-order valence-corrected chi connectivity index (χ2v) is 9.27. The second kappa shape index (κ2) is 11.9. The number of carbonyl (C=O) groups excluding carboxylic acids is 2. The van der Waals surface area contributed by atoms with Crippen molar-refractivity contribution in [2.24, 2.45) is 5.73 Å². The van der Waals surface area contributed by atoms with Crippen molar-refractivity contribution in [3.8, 4) is 5.69 Å². The monoisotopic (exact) mass is 515 g/mol. The number of nitrogens with two attached hydrogens (primary N) is 1. The number of halogens is 1. The fraction of sp³-hybridized carbons (Fsp3) is 0.207. The molecule has 0 bridgehead atoms. The second-order valence-electron chi connectivity index (χ2n) is 8.83. The van der Waals surface area contributed by atoms with Gasteiger partial charge in [-0.15, -0.1) is 0 Å². The predicted molar refractivity (Wildman–Crippen MR) is 147 cm³/mol. The van der Waals surface area contributed by atoms with Gasteiger partial charge in [0.05, 0.1) is 23.1 Å². The van der Waals surface area contributed by atoms with Crippen LogP contribution in [0.4, 0.5) is 5.69 Å². The van der Waals surface area contributed by atoms with Crippen LogP contribution in [0.5, 0.6) is 0 Å². The molecule has 3 aromatic carbocycles. The molecule has 0 saturated heterocycles. The van der Waals surface area contributed by atoms with Crippen LogP contribution in [0.1, 0.15) is 56.4 Å². The van der Waals surface area contributed by atoms with Crippen LogP contribution in [0, 0.1) is 6.92 Å². The number of nitrogens with zero attached hydrogens (tertiary/aromatic N) is 2. The normalized spacial score (nSPS) is 10.8. The third-order valence-corrected chi connectivity index (χ3v) is 6.38. The maximum Gasteiger partial charge on any atom is 0.259 e. The number of carbonyl (C=O) groups is 2. The van der Waals surface area contributed by atoms with E-state index in [1.54, 1.807) is 35.1 Å². The highest BCUT2D eigenvalue weighted by Crippen LogP contribution is 2.22.